The molecule has 224 valence electrons. The van der Waals surface area contributed by atoms with Crippen LogP contribution in [0.3, 0.4) is 0 Å². The van der Waals surface area contributed by atoms with E-state index in [9.17, 15) is 24.5 Å². The fourth-order valence-corrected chi connectivity index (χ4v) is 5.32. The molecule has 0 aromatic heterocycles. The number of hydrogen-bond donors (Lipinski definition) is 3. The van der Waals surface area contributed by atoms with Gasteiger partial charge in [-0.3, -0.25) is 24.5 Å². The van der Waals surface area contributed by atoms with Gasteiger partial charge in [0.05, 0.1) is 10.2 Å². The topological polar surface area (TPSA) is 130 Å². The molecule has 3 N–H and O–H groups in total. The zero-order valence-electron chi connectivity index (χ0n) is 24.1. The summed E-state index contributed by atoms with van der Waals surface area (Å²) in [5.74, 6) is -1.17. The number of nitrogens with zero attached hydrogens (tertiary/aromatic N) is 1. The third-order valence-corrected chi connectivity index (χ3v) is 7.90. The first-order valence-corrected chi connectivity index (χ1v) is 14.8. The van der Waals surface area contributed by atoms with Gasteiger partial charge in [0.15, 0.2) is 0 Å². The molecule has 0 fully saturated rings. The van der Waals surface area contributed by atoms with E-state index in [0.717, 1.165) is 21.2 Å². The van der Waals surface area contributed by atoms with Gasteiger partial charge in [0.1, 0.15) is 5.70 Å². The second kappa shape index (κ2) is 14.2. The lowest BCUT2D eigenvalue weighted by atomic mass is 10.0. The molecule has 5 rings (SSSR count). The summed E-state index contributed by atoms with van der Waals surface area (Å²) < 4.78 is 0. The summed E-state index contributed by atoms with van der Waals surface area (Å²) in [5, 5.41) is 20.7. The van der Waals surface area contributed by atoms with Crippen molar-refractivity contribution in [1.82, 2.24) is 5.32 Å². The van der Waals surface area contributed by atoms with E-state index >= 15 is 0 Å². The molecule has 0 saturated heterocycles. The summed E-state index contributed by atoms with van der Waals surface area (Å²) in [5.41, 5.74) is 2.18. The van der Waals surface area contributed by atoms with Gasteiger partial charge in [0, 0.05) is 34.0 Å². The van der Waals surface area contributed by atoms with E-state index in [-0.39, 0.29) is 17.3 Å². The number of fused-ring (bicyclic) bond motifs is 1. The first-order chi connectivity index (χ1) is 21.8. The largest absolute Gasteiger partial charge is 0.325 e. The molecule has 1 unspecified atom stereocenters. The fraction of sp³-hybridized carbons (Fsp3) is 0.0571. The number of anilines is 2. The molecule has 0 saturated carbocycles. The van der Waals surface area contributed by atoms with Gasteiger partial charge >= 0.3 is 0 Å². The van der Waals surface area contributed by atoms with E-state index in [1.807, 2.05) is 48.5 Å². The van der Waals surface area contributed by atoms with Gasteiger partial charge in [-0.25, -0.2) is 0 Å². The zero-order chi connectivity index (χ0) is 31.8. The molecule has 5 aromatic rings. The smallest absolute Gasteiger partial charge is 0.272 e. The highest BCUT2D eigenvalue weighted by Gasteiger charge is 2.18. The van der Waals surface area contributed by atoms with Gasteiger partial charge in [-0.15, -0.1) is 11.8 Å². The predicted octanol–water partition coefficient (Wildman–Crippen LogP) is 7.28. The Kier molecular flexibility index (Phi) is 9.66. The number of carbonyl (C=O) groups excluding carboxylic acids is 3. The number of amides is 3. The van der Waals surface area contributed by atoms with Crippen LogP contribution in [-0.4, -0.2) is 27.9 Å². The van der Waals surface area contributed by atoms with E-state index < -0.39 is 22.0 Å². The number of hydrogen-bond acceptors (Lipinski definition) is 6. The number of nitrogens with one attached hydrogen (secondary N) is 3. The lowest BCUT2D eigenvalue weighted by molar-refractivity contribution is -0.384. The second-order valence-corrected chi connectivity index (χ2v) is 11.4. The number of benzene rings is 5. The van der Waals surface area contributed by atoms with Crippen LogP contribution in [0.15, 0.2) is 132 Å². The molecule has 3 amide bonds. The van der Waals surface area contributed by atoms with Crippen LogP contribution in [0.2, 0.25) is 0 Å². The molecule has 0 radical (unpaired) electrons. The Bertz CT molecular complexity index is 1890. The average Bonchev–Trinajstić information content (AvgIpc) is 3.06. The summed E-state index contributed by atoms with van der Waals surface area (Å²) in [6.45, 7) is 1.75. The van der Waals surface area contributed by atoms with Gasteiger partial charge < -0.3 is 16.0 Å². The van der Waals surface area contributed by atoms with Crippen molar-refractivity contribution in [2.75, 3.05) is 10.6 Å². The molecule has 0 spiro atoms. The Morgan fingerprint density at radius 1 is 0.756 bits per heavy atom. The highest BCUT2D eigenvalue weighted by molar-refractivity contribution is 8.00. The third kappa shape index (κ3) is 8.01. The second-order valence-electron chi connectivity index (χ2n) is 9.98. The number of carbonyl (C=O) groups is 3. The van der Waals surface area contributed by atoms with Crippen molar-refractivity contribution in [3.63, 3.8) is 0 Å². The molecule has 9 nitrogen and oxygen atoms in total. The number of rotatable bonds is 10. The molecule has 5 aromatic carbocycles. The van der Waals surface area contributed by atoms with Gasteiger partial charge in [0.25, 0.3) is 17.5 Å². The Morgan fingerprint density at radius 2 is 1.38 bits per heavy atom. The van der Waals surface area contributed by atoms with Crippen molar-refractivity contribution >= 4 is 63.4 Å². The van der Waals surface area contributed by atoms with E-state index in [0.29, 0.717) is 16.9 Å². The van der Waals surface area contributed by atoms with Gasteiger partial charge in [-0.05, 0) is 77.9 Å². The highest BCUT2D eigenvalue weighted by atomic mass is 32.2. The molecule has 0 aliphatic carbocycles. The summed E-state index contributed by atoms with van der Waals surface area (Å²) in [4.78, 5) is 50.4. The maximum atomic E-state index is 13.5. The third-order valence-electron chi connectivity index (χ3n) is 6.79. The molecular formula is C35H28N4O5S. The van der Waals surface area contributed by atoms with Crippen molar-refractivity contribution in [2.45, 2.75) is 17.1 Å². The molecule has 0 bridgehead atoms. The summed E-state index contributed by atoms with van der Waals surface area (Å²) >= 11 is 1.32. The molecule has 0 aliphatic rings. The Labute approximate surface area is 263 Å². The van der Waals surface area contributed by atoms with Crippen molar-refractivity contribution in [3.05, 3.63) is 148 Å². The van der Waals surface area contributed by atoms with Crippen molar-refractivity contribution in [3.8, 4) is 0 Å². The number of nitro groups is 1. The summed E-state index contributed by atoms with van der Waals surface area (Å²) in [6, 6.07) is 34.8. The molecule has 0 heterocycles. The first kappa shape index (κ1) is 30.7. The maximum Gasteiger partial charge on any atom is 0.272 e. The van der Waals surface area contributed by atoms with Crippen LogP contribution < -0.4 is 16.0 Å². The standard InChI is InChI=1S/C35H28N4O5S/c1-23(33(40)36-27-14-18-29(19-15-27)39(43)44)45-30-20-16-28(17-21-30)37-35(42)32(38-34(41)25-9-3-2-4-10-25)22-26-12-7-11-24-8-5-6-13-31(24)26/h2-23H,1H3,(H,36,40)(H,37,42)(H,38,41)/b32-22-. The van der Waals surface area contributed by atoms with Gasteiger partial charge in [0.2, 0.25) is 5.91 Å². The first-order valence-electron chi connectivity index (χ1n) is 14.0. The van der Waals surface area contributed by atoms with Gasteiger partial charge in [-0.1, -0.05) is 60.7 Å². The Morgan fingerprint density at radius 3 is 2.09 bits per heavy atom. The average molecular weight is 617 g/mol. The quantitative estimate of drug-likeness (QED) is 0.0654. The van der Waals surface area contributed by atoms with Crippen LogP contribution in [0.25, 0.3) is 16.8 Å². The Balaban J connectivity index is 1.28. The molecule has 45 heavy (non-hydrogen) atoms. The molecule has 0 aliphatic heterocycles. The minimum atomic E-state index is -0.501. The monoisotopic (exact) mass is 616 g/mol. The minimum absolute atomic E-state index is 0.0580. The molecule has 10 heteroatoms. The molecule has 1 atom stereocenters. The summed E-state index contributed by atoms with van der Waals surface area (Å²) in [7, 11) is 0. The summed E-state index contributed by atoms with van der Waals surface area (Å²) in [6.07, 6.45) is 1.66. The van der Waals surface area contributed by atoms with Crippen molar-refractivity contribution in [1.29, 1.82) is 0 Å². The fourth-order valence-electron chi connectivity index (χ4n) is 4.46. The van der Waals surface area contributed by atoms with Crippen molar-refractivity contribution in [2.24, 2.45) is 0 Å². The van der Waals surface area contributed by atoms with Crippen LogP contribution in [0, 0.1) is 10.1 Å². The van der Waals surface area contributed by atoms with Crippen LogP contribution in [0.1, 0.15) is 22.8 Å². The highest BCUT2D eigenvalue weighted by Crippen LogP contribution is 2.27. The van der Waals surface area contributed by atoms with Crippen molar-refractivity contribution < 1.29 is 19.3 Å². The van der Waals surface area contributed by atoms with Crippen LogP contribution in [0.4, 0.5) is 17.1 Å². The minimum Gasteiger partial charge on any atom is -0.325 e. The van der Waals surface area contributed by atoms with Crippen LogP contribution in [-0.2, 0) is 9.59 Å². The Hall–Kier alpha value is -5.74. The SMILES string of the molecule is CC(Sc1ccc(NC(=O)/C(=C/c2cccc3ccccc23)NC(=O)c2ccccc2)cc1)C(=O)Nc1ccc([N+](=O)[O-])cc1. The van der Waals surface area contributed by atoms with E-state index in [1.165, 1.54) is 36.0 Å². The predicted molar refractivity (Wildman–Crippen MR) is 178 cm³/mol. The number of nitro benzene ring substituents is 1. The zero-order valence-corrected chi connectivity index (χ0v) is 24.9. The number of non-ortho nitro benzene ring substituents is 1. The van der Waals surface area contributed by atoms with E-state index in [1.54, 1.807) is 61.5 Å². The maximum absolute atomic E-state index is 13.5. The van der Waals surface area contributed by atoms with Crippen LogP contribution >= 0.6 is 11.8 Å². The van der Waals surface area contributed by atoms with E-state index in [2.05, 4.69) is 16.0 Å². The lowest BCUT2D eigenvalue weighted by Crippen LogP contribution is -2.30. The van der Waals surface area contributed by atoms with E-state index in [4.69, 9.17) is 0 Å². The normalized spacial score (nSPS) is 11.8. The van der Waals surface area contributed by atoms with Crippen LogP contribution in [0.5, 0.6) is 0 Å². The molecular weight excluding hydrogens is 588 g/mol. The number of thioether (sulfide) groups is 1. The lowest BCUT2D eigenvalue weighted by Gasteiger charge is -2.14. The van der Waals surface area contributed by atoms with Gasteiger partial charge in [-0.2, -0.15) is 0 Å².